The van der Waals surface area contributed by atoms with Crippen LogP contribution in [0.4, 0.5) is 11.8 Å². The van der Waals surface area contributed by atoms with E-state index in [1.807, 2.05) is 22.8 Å². The number of nitrogens with two attached hydrogens (primary N) is 1. The molecule has 3 N–H and O–H groups in total. The number of hydrogen-bond acceptors (Lipinski definition) is 5. The number of benzene rings is 1. The molecule has 0 saturated carbocycles. The summed E-state index contributed by atoms with van der Waals surface area (Å²) in [6.07, 6.45) is 0.980. The molecule has 0 spiro atoms. The molecule has 1 aromatic carbocycles. The van der Waals surface area contributed by atoms with Crippen LogP contribution in [0.15, 0.2) is 35.1 Å². The van der Waals surface area contributed by atoms with Gasteiger partial charge in [-0.05, 0) is 34.8 Å². The van der Waals surface area contributed by atoms with Crippen molar-refractivity contribution in [2.24, 2.45) is 0 Å². The van der Waals surface area contributed by atoms with Crippen LogP contribution in [0.3, 0.4) is 0 Å². The van der Waals surface area contributed by atoms with Crippen molar-refractivity contribution in [2.45, 2.75) is 32.9 Å². The molecule has 0 aliphatic carbocycles. The first kappa shape index (κ1) is 15.7. The highest BCUT2D eigenvalue weighted by atomic mass is 79.9. The monoisotopic (exact) mass is 374 g/mol. The smallest absolute Gasteiger partial charge is 0.226 e. The maximum Gasteiger partial charge on any atom is 0.226 e. The van der Waals surface area contributed by atoms with Crippen LogP contribution in [-0.2, 0) is 6.54 Å². The van der Waals surface area contributed by atoms with E-state index >= 15 is 0 Å². The summed E-state index contributed by atoms with van der Waals surface area (Å²) in [4.78, 5) is 13.4. The quantitative estimate of drug-likeness (QED) is 0.668. The first-order chi connectivity index (χ1) is 11.1. The van der Waals surface area contributed by atoms with Crippen LogP contribution in [0.5, 0.6) is 0 Å². The van der Waals surface area contributed by atoms with Crippen LogP contribution in [0.1, 0.15) is 25.8 Å². The van der Waals surface area contributed by atoms with Crippen molar-refractivity contribution in [3.8, 4) is 0 Å². The van der Waals surface area contributed by atoms with Gasteiger partial charge in [0.05, 0.1) is 6.54 Å². The number of nitrogens with zero attached hydrogens (tertiary/aromatic N) is 4. The van der Waals surface area contributed by atoms with Crippen molar-refractivity contribution in [3.63, 3.8) is 0 Å². The predicted octanol–water partition coefficient (Wildman–Crippen LogP) is 3.43. The summed E-state index contributed by atoms with van der Waals surface area (Å²) in [5.74, 6) is 0.916. The highest BCUT2D eigenvalue weighted by Gasteiger charge is 2.16. The second-order valence-electron chi connectivity index (χ2n) is 5.51. The van der Waals surface area contributed by atoms with Gasteiger partial charge in [-0.25, -0.2) is 4.98 Å². The molecule has 1 atom stereocenters. The molecule has 0 radical (unpaired) electrons. The maximum absolute atomic E-state index is 6.06. The number of rotatable bonds is 5. The van der Waals surface area contributed by atoms with Gasteiger partial charge >= 0.3 is 0 Å². The lowest BCUT2D eigenvalue weighted by atomic mass is 10.2. The summed E-state index contributed by atoms with van der Waals surface area (Å²) >= 11 is 3.50. The summed E-state index contributed by atoms with van der Waals surface area (Å²) in [6, 6.07) is 10.4. The molecular formula is C16H19BrN6. The van der Waals surface area contributed by atoms with Crippen LogP contribution in [-0.4, -0.2) is 25.6 Å². The highest BCUT2D eigenvalue weighted by Crippen LogP contribution is 2.25. The fourth-order valence-corrected chi connectivity index (χ4v) is 2.76. The van der Waals surface area contributed by atoms with E-state index in [4.69, 9.17) is 5.73 Å². The Morgan fingerprint density at radius 2 is 1.96 bits per heavy atom. The third-order valence-corrected chi connectivity index (χ3v) is 4.35. The minimum atomic E-state index is 0.279. The van der Waals surface area contributed by atoms with Gasteiger partial charge in [0, 0.05) is 6.04 Å². The molecule has 3 aromatic rings. The van der Waals surface area contributed by atoms with Gasteiger partial charge in [0.25, 0.3) is 0 Å². The molecule has 6 nitrogen and oxygen atoms in total. The van der Waals surface area contributed by atoms with Gasteiger partial charge in [-0.2, -0.15) is 9.97 Å². The summed E-state index contributed by atoms with van der Waals surface area (Å²) in [6.45, 7) is 4.86. The van der Waals surface area contributed by atoms with Crippen molar-refractivity contribution in [3.05, 3.63) is 40.6 Å². The van der Waals surface area contributed by atoms with Crippen molar-refractivity contribution >= 4 is 38.9 Å². The Labute approximate surface area is 143 Å². The van der Waals surface area contributed by atoms with E-state index in [1.165, 1.54) is 5.56 Å². The number of nitrogen functional groups attached to an aromatic ring is 1. The van der Waals surface area contributed by atoms with Crippen molar-refractivity contribution in [2.75, 3.05) is 11.1 Å². The molecule has 7 heteroatoms. The van der Waals surface area contributed by atoms with E-state index < -0.39 is 0 Å². The number of anilines is 2. The zero-order valence-electron chi connectivity index (χ0n) is 13.1. The van der Waals surface area contributed by atoms with Gasteiger partial charge in [0.2, 0.25) is 5.95 Å². The fourth-order valence-electron chi connectivity index (χ4n) is 2.29. The topological polar surface area (TPSA) is 81.6 Å². The van der Waals surface area contributed by atoms with Crippen molar-refractivity contribution in [1.82, 2.24) is 19.5 Å². The predicted molar refractivity (Wildman–Crippen MR) is 96.4 cm³/mol. The van der Waals surface area contributed by atoms with E-state index in [9.17, 15) is 0 Å². The lowest BCUT2D eigenvalue weighted by molar-refractivity contribution is 0.751. The van der Waals surface area contributed by atoms with E-state index in [0.29, 0.717) is 28.6 Å². The van der Waals surface area contributed by atoms with E-state index in [-0.39, 0.29) is 6.04 Å². The molecule has 23 heavy (non-hydrogen) atoms. The number of halogens is 1. The summed E-state index contributed by atoms with van der Waals surface area (Å²) < 4.78 is 2.68. The third kappa shape index (κ3) is 3.29. The van der Waals surface area contributed by atoms with Crippen LogP contribution in [0, 0.1) is 0 Å². The van der Waals surface area contributed by atoms with Gasteiger partial charge in [0.15, 0.2) is 21.7 Å². The lowest BCUT2D eigenvalue weighted by Crippen LogP contribution is -2.16. The lowest BCUT2D eigenvalue weighted by Gasteiger charge is -2.12. The molecule has 1 unspecified atom stereocenters. The van der Waals surface area contributed by atoms with Gasteiger partial charge in [-0.3, -0.25) is 4.57 Å². The minimum Gasteiger partial charge on any atom is -0.382 e. The standard InChI is InChI=1S/C16H19BrN6/c1-3-10(2)19-16-21-13(18)12-14(22-16)23(15(17)20-12)9-11-7-5-4-6-8-11/h4-8,10H,3,9H2,1-2H3,(H3,18,19,21,22). The first-order valence-electron chi connectivity index (χ1n) is 7.58. The molecule has 0 saturated heterocycles. The number of fused-ring (bicyclic) bond motifs is 1. The number of imidazole rings is 1. The van der Waals surface area contributed by atoms with E-state index in [0.717, 1.165) is 12.1 Å². The molecule has 0 bridgehead atoms. The van der Waals surface area contributed by atoms with Crippen LogP contribution < -0.4 is 11.1 Å². The van der Waals surface area contributed by atoms with Gasteiger partial charge in [-0.15, -0.1) is 0 Å². The fraction of sp³-hybridized carbons (Fsp3) is 0.312. The number of aromatic nitrogens is 4. The Morgan fingerprint density at radius 3 is 2.65 bits per heavy atom. The number of nitrogens with one attached hydrogen (secondary N) is 1. The molecule has 0 fully saturated rings. The largest absolute Gasteiger partial charge is 0.382 e. The zero-order chi connectivity index (χ0) is 16.4. The van der Waals surface area contributed by atoms with Gasteiger partial charge in [-0.1, -0.05) is 37.3 Å². The van der Waals surface area contributed by atoms with Crippen molar-refractivity contribution < 1.29 is 0 Å². The van der Waals surface area contributed by atoms with Crippen LogP contribution in [0.2, 0.25) is 0 Å². The molecule has 0 aliphatic rings. The molecule has 2 heterocycles. The zero-order valence-corrected chi connectivity index (χ0v) is 14.7. The van der Waals surface area contributed by atoms with E-state index in [1.54, 1.807) is 0 Å². The molecule has 2 aromatic heterocycles. The molecule has 120 valence electrons. The minimum absolute atomic E-state index is 0.279. The first-order valence-corrected chi connectivity index (χ1v) is 8.37. The average Bonchev–Trinajstić information content (AvgIpc) is 2.85. The molecule has 0 amide bonds. The normalized spacial score (nSPS) is 12.5. The summed E-state index contributed by atoms with van der Waals surface area (Å²) in [5.41, 5.74) is 8.56. The Morgan fingerprint density at radius 1 is 1.22 bits per heavy atom. The van der Waals surface area contributed by atoms with Gasteiger partial charge in [0.1, 0.15) is 0 Å². The van der Waals surface area contributed by atoms with Crippen molar-refractivity contribution in [1.29, 1.82) is 0 Å². The molecule has 3 rings (SSSR count). The highest BCUT2D eigenvalue weighted by molar-refractivity contribution is 9.10. The Kier molecular flexibility index (Phi) is 4.47. The Hall–Kier alpha value is -2.15. The SMILES string of the molecule is CCC(C)Nc1nc(N)c2nc(Br)n(Cc3ccccc3)c2n1. The van der Waals surface area contributed by atoms with Crippen LogP contribution in [0.25, 0.3) is 11.2 Å². The Bertz CT molecular complexity index is 814. The number of hydrogen-bond donors (Lipinski definition) is 2. The second kappa shape index (κ2) is 6.54. The molecular weight excluding hydrogens is 356 g/mol. The van der Waals surface area contributed by atoms with E-state index in [2.05, 4.69) is 62.2 Å². The Balaban J connectivity index is 2.05. The third-order valence-electron chi connectivity index (χ3n) is 3.75. The average molecular weight is 375 g/mol. The summed E-state index contributed by atoms with van der Waals surface area (Å²) in [5, 5.41) is 3.27. The second-order valence-corrected chi connectivity index (χ2v) is 6.22. The maximum atomic E-state index is 6.06. The van der Waals surface area contributed by atoms with Gasteiger partial charge < -0.3 is 11.1 Å². The summed E-state index contributed by atoms with van der Waals surface area (Å²) in [7, 11) is 0. The molecule has 0 aliphatic heterocycles. The van der Waals surface area contributed by atoms with Crippen LogP contribution >= 0.6 is 15.9 Å².